The quantitative estimate of drug-likeness (QED) is 0.409. The second kappa shape index (κ2) is 10.4. The molecule has 0 atom stereocenters. The molecule has 30 heavy (non-hydrogen) atoms. The molecule has 0 radical (unpaired) electrons. The number of aromatic nitrogens is 3. The van der Waals surface area contributed by atoms with Crippen LogP contribution in [0.25, 0.3) is 11.2 Å². The maximum atomic E-state index is 13.5. The monoisotopic (exact) mass is 428 g/mol. The Morgan fingerprint density at radius 3 is 2.77 bits per heavy atom. The molecule has 0 aliphatic rings. The summed E-state index contributed by atoms with van der Waals surface area (Å²) in [6.07, 6.45) is 5.81. The van der Waals surface area contributed by atoms with E-state index >= 15 is 0 Å². The number of benzene rings is 1. The fourth-order valence-corrected chi connectivity index (χ4v) is 3.75. The van der Waals surface area contributed by atoms with Gasteiger partial charge in [-0.25, -0.2) is 9.97 Å². The lowest BCUT2D eigenvalue weighted by Gasteiger charge is -2.24. The maximum Gasteiger partial charge on any atom is 0.258 e. The molecular weight excluding hydrogens is 400 g/mol. The Bertz CT molecular complexity index is 1000. The minimum absolute atomic E-state index is 0.103. The molecule has 1 aromatic carbocycles. The summed E-state index contributed by atoms with van der Waals surface area (Å²) >= 11 is 6.18. The Labute approximate surface area is 182 Å². The van der Waals surface area contributed by atoms with Crippen LogP contribution in [0.1, 0.15) is 55.7 Å². The zero-order valence-electron chi connectivity index (χ0n) is 17.9. The Morgan fingerprint density at radius 1 is 1.20 bits per heavy atom. The van der Waals surface area contributed by atoms with Gasteiger partial charge in [-0.05, 0) is 43.2 Å². The van der Waals surface area contributed by atoms with Gasteiger partial charge in [-0.2, -0.15) is 0 Å². The van der Waals surface area contributed by atoms with Crippen molar-refractivity contribution in [3.8, 4) is 5.75 Å². The number of halogens is 1. The minimum Gasteiger partial charge on any atom is -0.496 e. The molecule has 3 rings (SSSR count). The van der Waals surface area contributed by atoms with Crippen LogP contribution < -0.4 is 4.74 Å². The molecule has 0 aliphatic heterocycles. The lowest BCUT2D eigenvalue weighted by molar-refractivity contribution is 0.0730. The van der Waals surface area contributed by atoms with Crippen molar-refractivity contribution in [1.29, 1.82) is 0 Å². The van der Waals surface area contributed by atoms with Crippen LogP contribution in [0.2, 0.25) is 5.02 Å². The van der Waals surface area contributed by atoms with E-state index in [0.29, 0.717) is 29.4 Å². The number of ether oxygens (including phenoxy) is 1. The second-order valence-electron chi connectivity index (χ2n) is 7.30. The van der Waals surface area contributed by atoms with E-state index in [4.69, 9.17) is 21.3 Å². The van der Waals surface area contributed by atoms with Gasteiger partial charge in [0.05, 0.1) is 19.2 Å². The molecule has 0 saturated heterocycles. The first-order chi connectivity index (χ1) is 14.6. The van der Waals surface area contributed by atoms with Crippen molar-refractivity contribution in [1.82, 2.24) is 19.4 Å². The molecule has 1 amide bonds. The summed E-state index contributed by atoms with van der Waals surface area (Å²) in [5.74, 6) is 1.26. The van der Waals surface area contributed by atoms with Gasteiger partial charge in [0, 0.05) is 24.3 Å². The van der Waals surface area contributed by atoms with Crippen LogP contribution in [0.15, 0.2) is 36.5 Å². The fourth-order valence-electron chi connectivity index (χ4n) is 3.58. The van der Waals surface area contributed by atoms with Crippen molar-refractivity contribution in [3.05, 3.63) is 52.9 Å². The van der Waals surface area contributed by atoms with Crippen LogP contribution in [-0.4, -0.2) is 39.0 Å². The number of hydrogen-bond donors (Lipinski definition) is 0. The number of rotatable bonds is 10. The average molecular weight is 429 g/mol. The van der Waals surface area contributed by atoms with E-state index in [2.05, 4.69) is 23.4 Å². The molecule has 2 heterocycles. The zero-order valence-corrected chi connectivity index (χ0v) is 18.7. The number of aryl methyl sites for hydroxylation is 1. The Balaban J connectivity index is 1.97. The van der Waals surface area contributed by atoms with E-state index in [9.17, 15) is 4.79 Å². The van der Waals surface area contributed by atoms with Gasteiger partial charge < -0.3 is 14.2 Å². The number of unbranched alkanes of at least 4 members (excludes halogenated alkanes) is 2. The third kappa shape index (κ3) is 4.93. The van der Waals surface area contributed by atoms with Crippen LogP contribution >= 0.6 is 11.6 Å². The molecule has 160 valence electrons. The van der Waals surface area contributed by atoms with Crippen LogP contribution in [0.4, 0.5) is 0 Å². The molecule has 2 aromatic heterocycles. The Kier molecular flexibility index (Phi) is 7.69. The number of nitrogens with zero attached hydrogens (tertiary/aromatic N) is 4. The number of carbonyl (C=O) groups excluding carboxylic acids is 1. The van der Waals surface area contributed by atoms with Gasteiger partial charge in [0.1, 0.15) is 17.1 Å². The summed E-state index contributed by atoms with van der Waals surface area (Å²) in [6.45, 7) is 6.14. The van der Waals surface area contributed by atoms with Crippen molar-refractivity contribution in [3.63, 3.8) is 0 Å². The van der Waals surface area contributed by atoms with E-state index in [1.165, 1.54) is 0 Å². The third-order valence-corrected chi connectivity index (χ3v) is 5.31. The van der Waals surface area contributed by atoms with E-state index < -0.39 is 0 Å². The molecule has 0 spiro atoms. The summed E-state index contributed by atoms with van der Waals surface area (Å²) in [5.41, 5.74) is 2.18. The summed E-state index contributed by atoms with van der Waals surface area (Å²) in [4.78, 5) is 24.6. The number of carbonyl (C=O) groups is 1. The van der Waals surface area contributed by atoms with Gasteiger partial charge in [0.2, 0.25) is 0 Å². The maximum absolute atomic E-state index is 13.5. The van der Waals surface area contributed by atoms with Crippen LogP contribution in [0, 0.1) is 0 Å². The lowest BCUT2D eigenvalue weighted by Crippen LogP contribution is -2.33. The first kappa shape index (κ1) is 22.1. The number of amides is 1. The van der Waals surface area contributed by atoms with Crippen molar-refractivity contribution in [2.45, 2.75) is 52.6 Å². The SMILES string of the molecule is CCCCCN(Cc1nc2cccnc2n1CCC)C(=O)c1cc(Cl)ccc1OC. The van der Waals surface area contributed by atoms with Crippen molar-refractivity contribution < 1.29 is 9.53 Å². The Morgan fingerprint density at radius 2 is 2.03 bits per heavy atom. The van der Waals surface area contributed by atoms with Crippen molar-refractivity contribution in [2.75, 3.05) is 13.7 Å². The topological polar surface area (TPSA) is 60.2 Å². The highest BCUT2D eigenvalue weighted by Crippen LogP contribution is 2.25. The first-order valence-electron chi connectivity index (χ1n) is 10.5. The molecule has 0 N–H and O–H groups in total. The number of fused-ring (bicyclic) bond motifs is 1. The van der Waals surface area contributed by atoms with E-state index in [0.717, 1.165) is 49.2 Å². The predicted octanol–water partition coefficient (Wildman–Crippen LogP) is 5.34. The summed E-state index contributed by atoms with van der Waals surface area (Å²) in [5, 5.41) is 0.509. The number of pyridine rings is 1. The van der Waals surface area contributed by atoms with Gasteiger partial charge in [-0.15, -0.1) is 0 Å². The highest BCUT2D eigenvalue weighted by Gasteiger charge is 2.23. The third-order valence-electron chi connectivity index (χ3n) is 5.07. The predicted molar refractivity (Wildman–Crippen MR) is 120 cm³/mol. The van der Waals surface area contributed by atoms with E-state index in [1.54, 1.807) is 31.5 Å². The van der Waals surface area contributed by atoms with Gasteiger partial charge in [0.25, 0.3) is 5.91 Å². The minimum atomic E-state index is -0.103. The number of imidazole rings is 1. The normalized spacial score (nSPS) is 11.1. The van der Waals surface area contributed by atoms with Gasteiger partial charge >= 0.3 is 0 Å². The number of methoxy groups -OCH3 is 1. The second-order valence-corrected chi connectivity index (χ2v) is 7.74. The van der Waals surface area contributed by atoms with Crippen molar-refractivity contribution in [2.24, 2.45) is 0 Å². The molecule has 7 heteroatoms. The summed E-state index contributed by atoms with van der Waals surface area (Å²) < 4.78 is 7.54. The van der Waals surface area contributed by atoms with Crippen LogP contribution in [0.3, 0.4) is 0 Å². The Hall–Kier alpha value is -2.60. The number of hydrogen-bond acceptors (Lipinski definition) is 4. The summed E-state index contributed by atoms with van der Waals surface area (Å²) in [7, 11) is 1.56. The molecule has 0 aliphatic carbocycles. The lowest BCUT2D eigenvalue weighted by atomic mass is 10.1. The van der Waals surface area contributed by atoms with Crippen molar-refractivity contribution >= 4 is 28.7 Å². The van der Waals surface area contributed by atoms with Crippen LogP contribution in [0.5, 0.6) is 5.75 Å². The largest absolute Gasteiger partial charge is 0.496 e. The molecule has 0 bridgehead atoms. The van der Waals surface area contributed by atoms with E-state index in [1.807, 2.05) is 17.0 Å². The molecule has 0 unspecified atom stereocenters. The highest BCUT2D eigenvalue weighted by atomic mass is 35.5. The van der Waals surface area contributed by atoms with E-state index in [-0.39, 0.29) is 5.91 Å². The molecule has 6 nitrogen and oxygen atoms in total. The van der Waals surface area contributed by atoms with Gasteiger partial charge in [-0.3, -0.25) is 4.79 Å². The fraction of sp³-hybridized carbons (Fsp3) is 0.435. The molecule has 0 fully saturated rings. The molecule has 0 saturated carbocycles. The van der Waals surface area contributed by atoms with Gasteiger partial charge in [0.15, 0.2) is 5.65 Å². The molecule has 3 aromatic rings. The van der Waals surface area contributed by atoms with Gasteiger partial charge in [-0.1, -0.05) is 38.3 Å². The summed E-state index contributed by atoms with van der Waals surface area (Å²) in [6, 6.07) is 8.98. The standard InChI is InChI=1S/C23H29ClN4O2/c1-4-6-7-14-27(23(29)18-15-17(24)10-11-20(18)30-3)16-21-26-19-9-8-12-25-22(19)28(21)13-5-2/h8-12,15H,4-7,13-14,16H2,1-3H3. The average Bonchev–Trinajstić information content (AvgIpc) is 3.10. The smallest absolute Gasteiger partial charge is 0.258 e. The highest BCUT2D eigenvalue weighted by molar-refractivity contribution is 6.31. The molecular formula is C23H29ClN4O2. The first-order valence-corrected chi connectivity index (χ1v) is 10.9. The zero-order chi connectivity index (χ0) is 21.5. The van der Waals surface area contributed by atoms with Crippen LogP contribution in [-0.2, 0) is 13.1 Å².